The minimum absolute atomic E-state index is 0.0657. The van der Waals surface area contributed by atoms with Gasteiger partial charge in [-0.25, -0.2) is 0 Å². The summed E-state index contributed by atoms with van der Waals surface area (Å²) in [6.45, 7) is 8.46. The summed E-state index contributed by atoms with van der Waals surface area (Å²) >= 11 is 0. The molecule has 0 aromatic carbocycles. The Morgan fingerprint density at radius 1 is 1.41 bits per heavy atom. The largest absolute Gasteiger partial charge is 0.390 e. The number of aliphatic hydroxyl groups is 2. The van der Waals surface area contributed by atoms with Gasteiger partial charge >= 0.3 is 0 Å². The van der Waals surface area contributed by atoms with Crippen molar-refractivity contribution in [1.29, 1.82) is 0 Å². The average Bonchev–Trinajstić information content (AvgIpc) is 2.35. The predicted octanol–water partition coefficient (Wildman–Crippen LogP) is 2.89. The van der Waals surface area contributed by atoms with E-state index in [1.165, 1.54) is 5.57 Å². The van der Waals surface area contributed by atoms with Gasteiger partial charge in [0, 0.05) is 0 Å². The van der Waals surface area contributed by atoms with Crippen molar-refractivity contribution in [2.75, 3.05) is 0 Å². The summed E-state index contributed by atoms with van der Waals surface area (Å²) in [5, 5.41) is 21.2. The number of fused-ring (bicyclic) bond motifs is 1. The average molecular weight is 238 g/mol. The Labute approximate surface area is 105 Å². The first-order valence-corrected chi connectivity index (χ1v) is 6.87. The quantitative estimate of drug-likeness (QED) is 0.690. The molecule has 0 saturated heterocycles. The molecular formula is C15H26O2. The lowest BCUT2D eigenvalue weighted by Crippen LogP contribution is -2.49. The molecule has 2 N–H and O–H groups in total. The highest BCUT2D eigenvalue weighted by atomic mass is 16.3. The molecule has 0 radical (unpaired) electrons. The lowest BCUT2D eigenvalue weighted by Gasteiger charge is -2.40. The standard InChI is InChI=1S/C15H26O2/c1-10(2)15(17)12-6-5-11(3)7-8-14(12,4)9-13(15)16/h7,10,12-13,16-17H,5-6,8-9H2,1-4H3/t12?,13-,14-,15+/m1/s1. The Hall–Kier alpha value is -0.340. The molecule has 1 fully saturated rings. The van der Waals surface area contributed by atoms with Gasteiger partial charge in [0.15, 0.2) is 0 Å². The van der Waals surface area contributed by atoms with E-state index in [9.17, 15) is 10.2 Å². The van der Waals surface area contributed by atoms with Crippen LogP contribution in [0.4, 0.5) is 0 Å². The van der Waals surface area contributed by atoms with Crippen LogP contribution in [0.2, 0.25) is 0 Å². The van der Waals surface area contributed by atoms with Gasteiger partial charge in [0.25, 0.3) is 0 Å². The first kappa shape index (κ1) is 13.1. The molecule has 4 atom stereocenters. The fourth-order valence-corrected chi connectivity index (χ4v) is 4.01. The Morgan fingerprint density at radius 2 is 2.06 bits per heavy atom. The molecule has 0 aromatic rings. The van der Waals surface area contributed by atoms with Crippen molar-refractivity contribution in [2.24, 2.45) is 17.3 Å². The van der Waals surface area contributed by atoms with E-state index in [4.69, 9.17) is 0 Å². The van der Waals surface area contributed by atoms with Gasteiger partial charge in [-0.3, -0.25) is 0 Å². The Bertz CT molecular complexity index is 334. The molecule has 0 bridgehead atoms. The zero-order chi connectivity index (χ0) is 12.8. The second kappa shape index (κ2) is 4.10. The van der Waals surface area contributed by atoms with Crippen LogP contribution in [0.1, 0.15) is 53.4 Å². The number of rotatable bonds is 1. The zero-order valence-corrected chi connectivity index (χ0v) is 11.5. The summed E-state index contributed by atoms with van der Waals surface area (Å²) < 4.78 is 0. The van der Waals surface area contributed by atoms with Crippen molar-refractivity contribution in [3.05, 3.63) is 11.6 Å². The fraction of sp³-hybridized carbons (Fsp3) is 0.867. The van der Waals surface area contributed by atoms with E-state index in [-0.39, 0.29) is 17.3 Å². The molecule has 2 rings (SSSR count). The predicted molar refractivity (Wildman–Crippen MR) is 69.6 cm³/mol. The third kappa shape index (κ3) is 1.86. The molecule has 17 heavy (non-hydrogen) atoms. The van der Waals surface area contributed by atoms with Gasteiger partial charge in [-0.2, -0.15) is 0 Å². The zero-order valence-electron chi connectivity index (χ0n) is 11.5. The van der Waals surface area contributed by atoms with Gasteiger partial charge in [-0.15, -0.1) is 0 Å². The van der Waals surface area contributed by atoms with Gasteiger partial charge in [-0.1, -0.05) is 32.4 Å². The summed E-state index contributed by atoms with van der Waals surface area (Å²) in [5.74, 6) is 0.335. The van der Waals surface area contributed by atoms with E-state index >= 15 is 0 Å². The van der Waals surface area contributed by atoms with Crippen LogP contribution in [-0.4, -0.2) is 21.9 Å². The topological polar surface area (TPSA) is 40.5 Å². The minimum atomic E-state index is -0.896. The number of aliphatic hydroxyl groups excluding tert-OH is 1. The van der Waals surface area contributed by atoms with Crippen LogP contribution < -0.4 is 0 Å². The first-order chi connectivity index (χ1) is 7.80. The highest BCUT2D eigenvalue weighted by Crippen LogP contribution is 2.57. The smallest absolute Gasteiger partial charge is 0.0961 e. The van der Waals surface area contributed by atoms with Crippen LogP contribution in [0.25, 0.3) is 0 Å². The Kier molecular flexibility index (Phi) is 3.16. The maximum Gasteiger partial charge on any atom is 0.0961 e. The molecule has 1 saturated carbocycles. The van der Waals surface area contributed by atoms with E-state index in [0.29, 0.717) is 0 Å². The van der Waals surface area contributed by atoms with Crippen molar-refractivity contribution < 1.29 is 10.2 Å². The number of hydrogen-bond donors (Lipinski definition) is 2. The molecule has 0 aliphatic heterocycles. The van der Waals surface area contributed by atoms with Gasteiger partial charge in [-0.05, 0) is 49.9 Å². The normalized spacial score (nSPS) is 46.6. The molecule has 2 heteroatoms. The van der Waals surface area contributed by atoms with E-state index < -0.39 is 11.7 Å². The van der Waals surface area contributed by atoms with Gasteiger partial charge in [0.05, 0.1) is 11.7 Å². The van der Waals surface area contributed by atoms with Crippen LogP contribution in [0.15, 0.2) is 11.6 Å². The fourth-order valence-electron chi connectivity index (χ4n) is 4.01. The molecule has 0 heterocycles. The summed E-state index contributed by atoms with van der Waals surface area (Å²) in [5.41, 5.74) is 0.602. The van der Waals surface area contributed by atoms with Crippen molar-refractivity contribution in [3.8, 4) is 0 Å². The summed E-state index contributed by atoms with van der Waals surface area (Å²) in [7, 11) is 0. The van der Waals surface area contributed by atoms with E-state index in [0.717, 1.165) is 25.7 Å². The van der Waals surface area contributed by atoms with Crippen molar-refractivity contribution in [1.82, 2.24) is 0 Å². The van der Waals surface area contributed by atoms with Crippen molar-refractivity contribution in [3.63, 3.8) is 0 Å². The van der Waals surface area contributed by atoms with Crippen LogP contribution in [-0.2, 0) is 0 Å². The van der Waals surface area contributed by atoms with Crippen LogP contribution in [0, 0.1) is 17.3 Å². The number of allylic oxidation sites excluding steroid dienone is 2. The molecule has 0 aromatic heterocycles. The second-order valence-electron chi connectivity index (χ2n) is 6.76. The third-order valence-corrected chi connectivity index (χ3v) is 5.26. The van der Waals surface area contributed by atoms with Crippen LogP contribution >= 0.6 is 0 Å². The maximum absolute atomic E-state index is 10.9. The lowest BCUT2D eigenvalue weighted by molar-refractivity contribution is -0.121. The maximum atomic E-state index is 10.9. The Balaban J connectivity index is 2.36. The molecule has 0 amide bonds. The minimum Gasteiger partial charge on any atom is -0.390 e. The summed E-state index contributed by atoms with van der Waals surface area (Å²) in [6, 6.07) is 0. The second-order valence-corrected chi connectivity index (χ2v) is 6.76. The van der Waals surface area contributed by atoms with E-state index in [1.54, 1.807) is 0 Å². The molecule has 98 valence electrons. The van der Waals surface area contributed by atoms with Crippen molar-refractivity contribution in [2.45, 2.75) is 65.1 Å². The molecule has 2 aliphatic rings. The molecule has 2 nitrogen and oxygen atoms in total. The van der Waals surface area contributed by atoms with Crippen molar-refractivity contribution >= 4 is 0 Å². The third-order valence-electron chi connectivity index (χ3n) is 5.26. The van der Waals surface area contributed by atoms with Gasteiger partial charge in [0.2, 0.25) is 0 Å². The lowest BCUT2D eigenvalue weighted by atomic mass is 9.69. The monoisotopic (exact) mass is 238 g/mol. The van der Waals surface area contributed by atoms with Gasteiger partial charge < -0.3 is 10.2 Å². The van der Waals surface area contributed by atoms with Gasteiger partial charge in [0.1, 0.15) is 0 Å². The molecule has 1 unspecified atom stereocenters. The van der Waals surface area contributed by atoms with Crippen LogP contribution in [0.3, 0.4) is 0 Å². The van der Waals surface area contributed by atoms with E-state index in [2.05, 4.69) is 19.9 Å². The van der Waals surface area contributed by atoms with Crippen LogP contribution in [0.5, 0.6) is 0 Å². The number of hydrogen-bond acceptors (Lipinski definition) is 2. The Morgan fingerprint density at radius 3 is 2.65 bits per heavy atom. The highest BCUT2D eigenvalue weighted by Gasteiger charge is 2.59. The molecule has 0 spiro atoms. The SMILES string of the molecule is CC1=CC[C@]2(C)C[C@@H](O)[C@](O)(C(C)C)C2CC1. The molecule has 2 aliphatic carbocycles. The van der Waals surface area contributed by atoms with E-state index in [1.807, 2.05) is 13.8 Å². The first-order valence-electron chi connectivity index (χ1n) is 6.87. The highest BCUT2D eigenvalue weighted by molar-refractivity contribution is 5.16. The summed E-state index contributed by atoms with van der Waals surface area (Å²) in [6.07, 6.45) is 5.53. The summed E-state index contributed by atoms with van der Waals surface area (Å²) in [4.78, 5) is 0. The molecular weight excluding hydrogens is 212 g/mol.